The number of phosphoric acid groups is 1. The molecule has 57 heavy (non-hydrogen) atoms. The molecule has 10 heteroatoms. The van der Waals surface area contributed by atoms with Crippen molar-refractivity contribution in [2.75, 3.05) is 40.9 Å². The van der Waals surface area contributed by atoms with Gasteiger partial charge in [-0.15, -0.1) is 0 Å². The molecule has 9 nitrogen and oxygen atoms in total. The quantitative estimate of drug-likeness (QED) is 0.0244. The molecule has 0 spiro atoms. The van der Waals surface area contributed by atoms with E-state index in [-0.39, 0.29) is 18.9 Å². The molecule has 0 aliphatic rings. The van der Waals surface area contributed by atoms with Crippen LogP contribution in [0.5, 0.6) is 0 Å². The first-order valence-electron chi connectivity index (χ1n) is 22.4. The fourth-order valence-corrected chi connectivity index (χ4v) is 6.65. The maximum absolute atomic E-state index is 12.9. The Morgan fingerprint density at radius 2 is 1.11 bits per heavy atom. The van der Waals surface area contributed by atoms with Crippen molar-refractivity contribution < 1.29 is 38.0 Å². The fraction of sp³-hybridized carbons (Fsp3) is 0.723. The number of hydrogen-bond donors (Lipinski definition) is 3. The average Bonchev–Trinajstić information content (AvgIpc) is 3.16. The predicted octanol–water partition coefficient (Wildman–Crippen LogP) is 10.8. The van der Waals surface area contributed by atoms with Gasteiger partial charge in [0.1, 0.15) is 19.3 Å². The molecule has 3 N–H and O–H groups in total. The lowest BCUT2D eigenvalue weighted by Gasteiger charge is -2.31. The number of amides is 1. The van der Waals surface area contributed by atoms with Crippen LogP contribution in [0.4, 0.5) is 0 Å². The SMILES string of the molecule is CC/C=C\C/C=C\C/C=C\C/C=C\C/C=C\CCCCCCCC(=O)NC(COP(=O)([O-])OCC[N+](C)(C)C)C(O)C(O)CCC/C=C/CCCCCCCCC. The number of aliphatic hydroxyl groups is 2. The number of likely N-dealkylation sites (N-methyl/N-ethyl adjacent to an activating group) is 1. The van der Waals surface area contributed by atoms with Crippen LogP contribution in [0, 0.1) is 0 Å². The normalized spacial score (nSPS) is 15.6. The number of phosphoric ester groups is 1. The fourth-order valence-electron chi connectivity index (χ4n) is 5.93. The molecule has 0 bridgehead atoms. The molecule has 330 valence electrons. The number of nitrogens with zero attached hydrogens (tertiary/aromatic N) is 1. The van der Waals surface area contributed by atoms with Crippen LogP contribution in [0.25, 0.3) is 0 Å². The van der Waals surface area contributed by atoms with Crippen molar-refractivity contribution in [3.05, 3.63) is 72.9 Å². The third-order valence-corrected chi connectivity index (χ3v) is 10.5. The van der Waals surface area contributed by atoms with Crippen LogP contribution in [-0.2, 0) is 18.4 Å². The number of carbonyl (C=O) groups excluding carboxylic acids is 1. The molecular formula is C47H85N2O7P. The van der Waals surface area contributed by atoms with Gasteiger partial charge in [-0.05, 0) is 83.5 Å². The highest BCUT2D eigenvalue weighted by Crippen LogP contribution is 2.38. The Labute approximate surface area is 349 Å². The Morgan fingerprint density at radius 1 is 0.649 bits per heavy atom. The van der Waals surface area contributed by atoms with Crippen molar-refractivity contribution in [2.45, 2.75) is 180 Å². The second-order valence-electron chi connectivity index (χ2n) is 16.1. The zero-order valence-corrected chi connectivity index (χ0v) is 37.8. The summed E-state index contributed by atoms with van der Waals surface area (Å²) in [5.41, 5.74) is 0. The molecule has 4 atom stereocenters. The van der Waals surface area contributed by atoms with Crippen molar-refractivity contribution in [3.8, 4) is 0 Å². The van der Waals surface area contributed by atoms with E-state index in [9.17, 15) is 24.5 Å². The largest absolute Gasteiger partial charge is 0.756 e. The molecule has 0 saturated carbocycles. The van der Waals surface area contributed by atoms with E-state index in [4.69, 9.17) is 9.05 Å². The van der Waals surface area contributed by atoms with Gasteiger partial charge in [-0.3, -0.25) is 9.36 Å². The second-order valence-corrected chi connectivity index (χ2v) is 17.6. The Balaban J connectivity index is 4.55. The van der Waals surface area contributed by atoms with Gasteiger partial charge in [0.05, 0.1) is 39.9 Å². The van der Waals surface area contributed by atoms with E-state index in [2.05, 4.69) is 92.1 Å². The summed E-state index contributed by atoms with van der Waals surface area (Å²) in [4.78, 5) is 25.4. The van der Waals surface area contributed by atoms with E-state index in [1.807, 2.05) is 21.1 Å². The summed E-state index contributed by atoms with van der Waals surface area (Å²) in [5, 5.41) is 24.5. The van der Waals surface area contributed by atoms with Crippen molar-refractivity contribution in [2.24, 2.45) is 0 Å². The molecule has 0 rings (SSSR count). The molecule has 0 saturated heterocycles. The van der Waals surface area contributed by atoms with Crippen LogP contribution in [0.3, 0.4) is 0 Å². The highest BCUT2D eigenvalue weighted by atomic mass is 31.2. The number of unbranched alkanes of at least 4 members (excludes halogenated alkanes) is 13. The Bertz CT molecular complexity index is 1170. The van der Waals surface area contributed by atoms with Crippen LogP contribution < -0.4 is 10.2 Å². The van der Waals surface area contributed by atoms with Crippen LogP contribution in [-0.4, -0.2) is 79.8 Å². The van der Waals surface area contributed by atoms with Gasteiger partial charge in [-0.25, -0.2) is 0 Å². The minimum Gasteiger partial charge on any atom is -0.756 e. The van der Waals surface area contributed by atoms with E-state index in [0.717, 1.165) is 77.0 Å². The van der Waals surface area contributed by atoms with Crippen molar-refractivity contribution in [3.63, 3.8) is 0 Å². The molecule has 0 aliphatic carbocycles. The number of hydrogen-bond acceptors (Lipinski definition) is 7. The molecule has 0 heterocycles. The summed E-state index contributed by atoms with van der Waals surface area (Å²) in [6, 6.07) is -1.10. The van der Waals surface area contributed by atoms with Crippen molar-refractivity contribution in [1.29, 1.82) is 0 Å². The Kier molecular flexibility index (Phi) is 36.7. The first kappa shape index (κ1) is 54.9. The Hall–Kier alpha value is -2.10. The minimum absolute atomic E-state index is 0.0543. The van der Waals surface area contributed by atoms with E-state index < -0.39 is 32.7 Å². The molecule has 4 unspecified atom stereocenters. The summed E-state index contributed by atoms with van der Waals surface area (Å²) in [6.07, 6.45) is 46.5. The summed E-state index contributed by atoms with van der Waals surface area (Å²) in [5.74, 6) is -0.311. The molecular weight excluding hydrogens is 735 g/mol. The van der Waals surface area contributed by atoms with Gasteiger partial charge in [0.25, 0.3) is 7.82 Å². The smallest absolute Gasteiger partial charge is 0.268 e. The molecule has 0 radical (unpaired) electrons. The standard InChI is InChI=1S/C47H85N2O7P/c1-6-8-10-12-14-16-18-20-21-22-23-24-25-26-27-28-30-32-34-36-38-40-46(51)48-44(43-56-57(53,54)55-42-41-49(3,4)5)47(52)45(50)39-37-35-33-31-29-19-17-15-13-11-9-7-2/h8,10,14,16,20-21,23-24,26-27,31,33,44-45,47,50,52H,6-7,9,11-13,15,17-19,22,25,28-30,32,34-43H2,1-5H3,(H-,48,51,53,54)/b10-8-,16-14-,21-20-,24-23-,27-26-,33-31+. The number of rotatable bonds is 39. The summed E-state index contributed by atoms with van der Waals surface area (Å²) in [7, 11) is 1.08. The number of allylic oxidation sites excluding steroid dienone is 12. The molecule has 0 aromatic carbocycles. The first-order valence-corrected chi connectivity index (χ1v) is 23.8. The second kappa shape index (κ2) is 38.1. The van der Waals surface area contributed by atoms with Gasteiger partial charge in [-0.2, -0.15) is 0 Å². The summed E-state index contributed by atoms with van der Waals surface area (Å²) in [6.45, 7) is 4.25. The average molecular weight is 821 g/mol. The molecule has 0 aliphatic heterocycles. The van der Waals surface area contributed by atoms with Crippen molar-refractivity contribution in [1.82, 2.24) is 5.32 Å². The lowest BCUT2D eigenvalue weighted by Crippen LogP contribution is -2.51. The van der Waals surface area contributed by atoms with E-state index in [1.165, 1.54) is 44.9 Å². The van der Waals surface area contributed by atoms with Crippen LogP contribution in [0.15, 0.2) is 72.9 Å². The monoisotopic (exact) mass is 821 g/mol. The Morgan fingerprint density at radius 3 is 1.63 bits per heavy atom. The van der Waals surface area contributed by atoms with Crippen molar-refractivity contribution >= 4 is 13.7 Å². The zero-order valence-electron chi connectivity index (χ0n) is 36.9. The highest BCUT2D eigenvalue weighted by Gasteiger charge is 2.29. The van der Waals surface area contributed by atoms with Gasteiger partial charge < -0.3 is 34.0 Å². The number of carbonyl (C=O) groups is 1. The maximum Gasteiger partial charge on any atom is 0.268 e. The summed E-state index contributed by atoms with van der Waals surface area (Å²) >= 11 is 0. The molecule has 0 aromatic rings. The maximum atomic E-state index is 12.9. The van der Waals surface area contributed by atoms with Gasteiger partial charge in [0, 0.05) is 6.42 Å². The van der Waals surface area contributed by atoms with E-state index in [1.54, 1.807) is 0 Å². The third kappa shape index (κ3) is 39.1. The van der Waals surface area contributed by atoms with E-state index in [0.29, 0.717) is 30.3 Å². The number of aliphatic hydroxyl groups excluding tert-OH is 2. The van der Waals surface area contributed by atoms with Crippen LogP contribution in [0.1, 0.15) is 162 Å². The third-order valence-electron chi connectivity index (χ3n) is 9.52. The topological polar surface area (TPSA) is 128 Å². The summed E-state index contributed by atoms with van der Waals surface area (Å²) < 4.78 is 23.1. The highest BCUT2D eigenvalue weighted by molar-refractivity contribution is 7.45. The minimum atomic E-state index is -4.68. The lowest BCUT2D eigenvalue weighted by molar-refractivity contribution is -0.870. The molecule has 0 fully saturated rings. The lowest BCUT2D eigenvalue weighted by atomic mass is 10.0. The van der Waals surface area contributed by atoms with Gasteiger partial charge in [-0.1, -0.05) is 145 Å². The molecule has 0 aromatic heterocycles. The van der Waals surface area contributed by atoms with Gasteiger partial charge in [0.15, 0.2) is 0 Å². The number of quaternary nitrogens is 1. The van der Waals surface area contributed by atoms with E-state index >= 15 is 0 Å². The van der Waals surface area contributed by atoms with Crippen LogP contribution in [0.2, 0.25) is 0 Å². The molecule has 1 amide bonds. The van der Waals surface area contributed by atoms with Crippen LogP contribution >= 0.6 is 7.82 Å². The predicted molar refractivity (Wildman–Crippen MR) is 239 cm³/mol. The first-order chi connectivity index (χ1) is 27.4. The van der Waals surface area contributed by atoms with Gasteiger partial charge in [0.2, 0.25) is 5.91 Å². The number of nitrogens with one attached hydrogen (secondary N) is 1. The van der Waals surface area contributed by atoms with Gasteiger partial charge >= 0.3 is 0 Å². The zero-order chi connectivity index (χ0) is 42.3.